The second-order valence-corrected chi connectivity index (χ2v) is 5.55. The molecule has 0 bridgehead atoms. The maximum absolute atomic E-state index is 11.7. The number of amides is 1. The lowest BCUT2D eigenvalue weighted by atomic mass is 10.0. The Balaban J connectivity index is 2.75. The summed E-state index contributed by atoms with van der Waals surface area (Å²) in [6.45, 7) is 7.38. The Kier molecular flexibility index (Phi) is 5.36. The molecule has 0 heterocycles. The number of carbonyl (C=O) groups excluding carboxylic acids is 1. The van der Waals surface area contributed by atoms with E-state index in [1.54, 1.807) is 0 Å². The summed E-state index contributed by atoms with van der Waals surface area (Å²) >= 11 is 0. The summed E-state index contributed by atoms with van der Waals surface area (Å²) in [6, 6.07) is 7.43. The number of hydrogen-bond donors (Lipinski definition) is 2. The molecule has 19 heavy (non-hydrogen) atoms. The summed E-state index contributed by atoms with van der Waals surface area (Å²) in [6.07, 6.45) is 0.316. The van der Waals surface area contributed by atoms with Crippen LogP contribution < -0.4 is 5.32 Å². The van der Waals surface area contributed by atoms with E-state index < -0.39 is 17.8 Å². The molecule has 0 saturated heterocycles. The minimum atomic E-state index is -0.526. The maximum atomic E-state index is 11.7. The second kappa shape index (κ2) is 6.57. The molecular formula is C15H23NO3. The van der Waals surface area contributed by atoms with Gasteiger partial charge in [0.05, 0.1) is 6.10 Å². The summed E-state index contributed by atoms with van der Waals surface area (Å²) in [5.74, 6) is 0. The molecule has 1 rings (SSSR count). The van der Waals surface area contributed by atoms with E-state index in [4.69, 9.17) is 4.74 Å². The van der Waals surface area contributed by atoms with Gasteiger partial charge in [-0.1, -0.05) is 25.1 Å². The Labute approximate surface area is 114 Å². The van der Waals surface area contributed by atoms with Crippen molar-refractivity contribution in [3.05, 3.63) is 29.8 Å². The number of aliphatic hydroxyl groups is 1. The zero-order valence-corrected chi connectivity index (χ0v) is 12.1. The number of anilines is 1. The lowest BCUT2D eigenvalue weighted by molar-refractivity contribution is 0.0635. The zero-order chi connectivity index (χ0) is 14.5. The monoisotopic (exact) mass is 265 g/mol. The number of carbonyl (C=O) groups is 1. The van der Waals surface area contributed by atoms with Gasteiger partial charge in [-0.2, -0.15) is 0 Å². The van der Waals surface area contributed by atoms with Gasteiger partial charge in [0.25, 0.3) is 0 Å². The molecule has 0 aliphatic heterocycles. The predicted molar refractivity (Wildman–Crippen MR) is 76.3 cm³/mol. The Bertz CT molecular complexity index is 424. The van der Waals surface area contributed by atoms with Crippen molar-refractivity contribution < 1.29 is 14.6 Å². The third-order valence-corrected chi connectivity index (χ3v) is 2.58. The maximum Gasteiger partial charge on any atom is 0.412 e. The van der Waals surface area contributed by atoms with Crippen LogP contribution in [0.2, 0.25) is 0 Å². The molecule has 0 fully saturated rings. The van der Waals surface area contributed by atoms with Crippen LogP contribution in [0.1, 0.15) is 39.7 Å². The van der Waals surface area contributed by atoms with E-state index in [1.807, 2.05) is 52.0 Å². The second-order valence-electron chi connectivity index (χ2n) is 5.55. The van der Waals surface area contributed by atoms with Crippen molar-refractivity contribution in [1.29, 1.82) is 0 Å². The molecule has 1 amide bonds. The number of benzene rings is 1. The first kappa shape index (κ1) is 15.5. The van der Waals surface area contributed by atoms with Crippen LogP contribution >= 0.6 is 0 Å². The molecule has 0 aliphatic carbocycles. The van der Waals surface area contributed by atoms with E-state index in [2.05, 4.69) is 5.32 Å². The molecule has 1 aromatic rings. The molecule has 106 valence electrons. The SMILES string of the molecule is CC[C@H](O)Cc1ccccc1NC(=O)OC(C)(C)C. The van der Waals surface area contributed by atoms with Gasteiger partial charge in [0.2, 0.25) is 0 Å². The lowest BCUT2D eigenvalue weighted by Crippen LogP contribution is -2.27. The molecule has 4 heteroatoms. The minimum absolute atomic E-state index is 0.401. The van der Waals surface area contributed by atoms with E-state index in [0.29, 0.717) is 18.5 Å². The van der Waals surface area contributed by atoms with Gasteiger partial charge >= 0.3 is 6.09 Å². The Morgan fingerprint density at radius 2 is 2.00 bits per heavy atom. The van der Waals surface area contributed by atoms with Crippen LogP contribution in [-0.4, -0.2) is 22.9 Å². The highest BCUT2D eigenvalue weighted by molar-refractivity contribution is 5.85. The molecule has 0 aromatic heterocycles. The number of nitrogens with one attached hydrogen (secondary N) is 1. The number of hydrogen-bond acceptors (Lipinski definition) is 3. The third-order valence-electron chi connectivity index (χ3n) is 2.58. The van der Waals surface area contributed by atoms with E-state index in [1.165, 1.54) is 0 Å². The average Bonchev–Trinajstić information content (AvgIpc) is 2.29. The number of ether oxygens (including phenoxy) is 1. The molecule has 0 aliphatic rings. The Morgan fingerprint density at radius 1 is 1.37 bits per heavy atom. The van der Waals surface area contributed by atoms with Gasteiger partial charge in [-0.05, 0) is 38.8 Å². The molecule has 0 spiro atoms. The van der Waals surface area contributed by atoms with Crippen LogP contribution in [0.3, 0.4) is 0 Å². The van der Waals surface area contributed by atoms with Crippen LogP contribution in [0, 0.1) is 0 Å². The largest absolute Gasteiger partial charge is 0.444 e. The van der Waals surface area contributed by atoms with Crippen molar-refractivity contribution in [2.75, 3.05) is 5.32 Å². The summed E-state index contributed by atoms with van der Waals surface area (Å²) < 4.78 is 5.22. The summed E-state index contributed by atoms with van der Waals surface area (Å²) in [5, 5.41) is 12.4. The summed E-state index contributed by atoms with van der Waals surface area (Å²) in [4.78, 5) is 11.7. The van der Waals surface area contributed by atoms with Crippen molar-refractivity contribution in [2.45, 2.75) is 52.2 Å². The third kappa shape index (κ3) is 5.75. The van der Waals surface area contributed by atoms with Crippen molar-refractivity contribution in [1.82, 2.24) is 0 Å². The summed E-state index contributed by atoms with van der Waals surface area (Å²) in [5.41, 5.74) is 1.06. The van der Waals surface area contributed by atoms with Gasteiger partial charge in [-0.25, -0.2) is 4.79 Å². The first-order valence-corrected chi connectivity index (χ1v) is 6.58. The molecule has 4 nitrogen and oxygen atoms in total. The van der Waals surface area contributed by atoms with E-state index in [0.717, 1.165) is 5.56 Å². The first-order valence-electron chi connectivity index (χ1n) is 6.58. The van der Waals surface area contributed by atoms with Crippen LogP contribution in [0.5, 0.6) is 0 Å². The first-order chi connectivity index (χ1) is 8.81. The van der Waals surface area contributed by atoms with Gasteiger partial charge in [0.15, 0.2) is 0 Å². The highest BCUT2D eigenvalue weighted by atomic mass is 16.6. The highest BCUT2D eigenvalue weighted by Gasteiger charge is 2.17. The van der Waals surface area contributed by atoms with Crippen molar-refractivity contribution in [2.24, 2.45) is 0 Å². The van der Waals surface area contributed by atoms with E-state index in [9.17, 15) is 9.90 Å². The smallest absolute Gasteiger partial charge is 0.412 e. The topological polar surface area (TPSA) is 58.6 Å². The number of aliphatic hydroxyl groups excluding tert-OH is 1. The average molecular weight is 265 g/mol. The molecule has 0 saturated carbocycles. The van der Waals surface area contributed by atoms with Crippen LogP contribution in [0.25, 0.3) is 0 Å². The Morgan fingerprint density at radius 3 is 2.58 bits per heavy atom. The predicted octanol–water partition coefficient (Wildman–Crippen LogP) is 3.35. The normalized spacial score (nSPS) is 12.9. The molecule has 0 unspecified atom stereocenters. The van der Waals surface area contributed by atoms with Gasteiger partial charge in [-0.15, -0.1) is 0 Å². The Hall–Kier alpha value is -1.55. The van der Waals surface area contributed by atoms with Gasteiger partial charge in [-0.3, -0.25) is 5.32 Å². The van der Waals surface area contributed by atoms with Crippen molar-refractivity contribution >= 4 is 11.8 Å². The fourth-order valence-corrected chi connectivity index (χ4v) is 1.63. The number of para-hydroxylation sites is 1. The van der Waals surface area contributed by atoms with Crippen LogP contribution in [-0.2, 0) is 11.2 Å². The molecule has 1 atom stereocenters. The van der Waals surface area contributed by atoms with Crippen molar-refractivity contribution in [3.8, 4) is 0 Å². The lowest BCUT2D eigenvalue weighted by Gasteiger charge is -2.20. The fourth-order valence-electron chi connectivity index (χ4n) is 1.63. The van der Waals surface area contributed by atoms with Gasteiger partial charge in [0, 0.05) is 12.1 Å². The number of rotatable bonds is 4. The molecule has 1 aromatic carbocycles. The van der Waals surface area contributed by atoms with Crippen LogP contribution in [0.4, 0.5) is 10.5 Å². The molecular weight excluding hydrogens is 242 g/mol. The van der Waals surface area contributed by atoms with Gasteiger partial charge < -0.3 is 9.84 Å². The van der Waals surface area contributed by atoms with Gasteiger partial charge in [0.1, 0.15) is 5.60 Å². The highest BCUT2D eigenvalue weighted by Crippen LogP contribution is 2.19. The van der Waals surface area contributed by atoms with Crippen LogP contribution in [0.15, 0.2) is 24.3 Å². The molecule has 0 radical (unpaired) electrons. The fraction of sp³-hybridized carbons (Fsp3) is 0.533. The summed E-state index contributed by atoms with van der Waals surface area (Å²) in [7, 11) is 0. The van der Waals surface area contributed by atoms with E-state index in [-0.39, 0.29) is 0 Å². The standard InChI is InChI=1S/C15H23NO3/c1-5-12(17)10-11-8-6-7-9-13(11)16-14(18)19-15(2,3)4/h6-9,12,17H,5,10H2,1-4H3,(H,16,18)/t12-/m0/s1. The quantitative estimate of drug-likeness (QED) is 0.877. The van der Waals surface area contributed by atoms with Crippen molar-refractivity contribution in [3.63, 3.8) is 0 Å². The zero-order valence-electron chi connectivity index (χ0n) is 12.1. The minimum Gasteiger partial charge on any atom is -0.444 e. The van der Waals surface area contributed by atoms with E-state index >= 15 is 0 Å². The molecule has 2 N–H and O–H groups in total.